The van der Waals surface area contributed by atoms with E-state index in [-0.39, 0.29) is 28.0 Å². The number of aryl methyl sites for hydroxylation is 1. The molecule has 0 radical (unpaired) electrons. The van der Waals surface area contributed by atoms with Crippen LogP contribution in [0.4, 0.5) is 10.1 Å². The maximum Gasteiger partial charge on any atom is 0.360 e. The lowest BCUT2D eigenvalue weighted by Crippen LogP contribution is -2.12. The quantitative estimate of drug-likeness (QED) is 0.620. The van der Waals surface area contributed by atoms with E-state index in [0.29, 0.717) is 10.4 Å². The molecular weight excluding hydrogens is 395 g/mol. The van der Waals surface area contributed by atoms with Gasteiger partial charge in [0.05, 0.1) is 17.2 Å². The zero-order valence-corrected chi connectivity index (χ0v) is 16.0. The van der Waals surface area contributed by atoms with Crippen molar-refractivity contribution in [1.82, 2.24) is 5.16 Å². The summed E-state index contributed by atoms with van der Waals surface area (Å²) in [6, 6.07) is 8.12. The van der Waals surface area contributed by atoms with Crippen molar-refractivity contribution in [3.63, 3.8) is 0 Å². The molecule has 0 saturated heterocycles. The molecule has 27 heavy (non-hydrogen) atoms. The number of nitrogens with one attached hydrogen (secondary N) is 1. The molecule has 0 saturated carbocycles. The lowest BCUT2D eigenvalue weighted by molar-refractivity contribution is 0.0514. The number of aromatic nitrogens is 1. The monoisotopic (exact) mass is 410 g/mol. The van der Waals surface area contributed by atoms with Gasteiger partial charge in [0.1, 0.15) is 10.0 Å². The summed E-state index contributed by atoms with van der Waals surface area (Å²) in [5.74, 6) is -0.815. The number of esters is 1. The zero-order chi connectivity index (χ0) is 19.6. The van der Waals surface area contributed by atoms with Gasteiger partial charge in [-0.25, -0.2) is 17.6 Å². The standard InChI is InChI=1S/C17H15FN2O5S2/c1-3-24-17(21)13-9-14(25-19-13)15-6-7-16(26-15)27(22,23)20-12-5-4-11(18)8-10(12)2/h4-9,20H,3H2,1-2H3. The number of thiophene rings is 1. The number of hydrogen-bond acceptors (Lipinski definition) is 7. The number of carbonyl (C=O) groups excluding carboxylic acids is 1. The molecule has 0 aliphatic carbocycles. The molecule has 7 nitrogen and oxygen atoms in total. The zero-order valence-electron chi connectivity index (χ0n) is 14.4. The van der Waals surface area contributed by atoms with Crippen LogP contribution in [0.2, 0.25) is 0 Å². The largest absolute Gasteiger partial charge is 0.461 e. The summed E-state index contributed by atoms with van der Waals surface area (Å²) in [7, 11) is -3.86. The summed E-state index contributed by atoms with van der Waals surface area (Å²) in [6.45, 7) is 3.48. The summed E-state index contributed by atoms with van der Waals surface area (Å²) in [4.78, 5) is 12.1. The molecule has 0 aliphatic heterocycles. The van der Waals surface area contributed by atoms with E-state index < -0.39 is 21.8 Å². The highest BCUT2D eigenvalue weighted by Crippen LogP contribution is 2.32. The van der Waals surface area contributed by atoms with E-state index in [1.807, 2.05) is 0 Å². The third-order valence-corrected chi connectivity index (χ3v) is 6.47. The topological polar surface area (TPSA) is 98.5 Å². The Balaban J connectivity index is 1.83. The normalized spacial score (nSPS) is 11.4. The van der Waals surface area contributed by atoms with Gasteiger partial charge in [0, 0.05) is 6.07 Å². The van der Waals surface area contributed by atoms with Gasteiger partial charge in [0.2, 0.25) is 0 Å². The first kappa shape index (κ1) is 19.1. The third-order valence-electron chi connectivity index (χ3n) is 3.52. The minimum Gasteiger partial charge on any atom is -0.461 e. The highest BCUT2D eigenvalue weighted by atomic mass is 32.2. The van der Waals surface area contributed by atoms with Gasteiger partial charge in [0.25, 0.3) is 10.0 Å². The molecule has 0 fully saturated rings. The van der Waals surface area contributed by atoms with Gasteiger partial charge >= 0.3 is 5.97 Å². The first-order chi connectivity index (χ1) is 12.8. The van der Waals surface area contributed by atoms with Gasteiger partial charge in [-0.15, -0.1) is 11.3 Å². The second-order valence-electron chi connectivity index (χ2n) is 5.48. The van der Waals surface area contributed by atoms with Crippen molar-refractivity contribution in [3.8, 4) is 10.6 Å². The Hall–Kier alpha value is -2.72. The summed E-state index contributed by atoms with van der Waals surface area (Å²) in [5, 5.41) is 3.63. The van der Waals surface area contributed by atoms with E-state index in [1.165, 1.54) is 30.3 Å². The molecular formula is C17H15FN2O5S2. The van der Waals surface area contributed by atoms with Crippen molar-refractivity contribution < 1.29 is 26.9 Å². The van der Waals surface area contributed by atoms with Crippen LogP contribution in [0.25, 0.3) is 10.6 Å². The maximum absolute atomic E-state index is 13.2. The Morgan fingerprint density at radius 1 is 1.30 bits per heavy atom. The number of sulfonamides is 1. The molecule has 0 atom stereocenters. The van der Waals surface area contributed by atoms with Gasteiger partial charge < -0.3 is 9.26 Å². The molecule has 142 valence electrons. The lowest BCUT2D eigenvalue weighted by atomic mass is 10.2. The molecule has 1 N–H and O–H groups in total. The smallest absolute Gasteiger partial charge is 0.360 e. The van der Waals surface area contributed by atoms with Gasteiger partial charge in [-0.05, 0) is 49.7 Å². The molecule has 3 aromatic rings. The molecule has 0 aliphatic rings. The number of rotatable bonds is 6. The molecule has 1 aromatic carbocycles. The van der Waals surface area contributed by atoms with Crippen molar-refractivity contribution in [2.24, 2.45) is 0 Å². The number of hydrogen-bond donors (Lipinski definition) is 1. The predicted molar refractivity (Wildman–Crippen MR) is 97.7 cm³/mol. The Labute approximate surface area is 158 Å². The van der Waals surface area contributed by atoms with E-state index in [0.717, 1.165) is 11.3 Å². The SMILES string of the molecule is CCOC(=O)c1cc(-c2ccc(S(=O)(=O)Nc3ccc(F)cc3C)s2)on1. The predicted octanol–water partition coefficient (Wildman–Crippen LogP) is 3.83. The van der Waals surface area contributed by atoms with E-state index in [4.69, 9.17) is 9.26 Å². The minimum atomic E-state index is -3.86. The molecule has 0 bridgehead atoms. The van der Waals surface area contributed by atoms with Crippen LogP contribution in [0, 0.1) is 12.7 Å². The molecule has 0 unspecified atom stereocenters. The van der Waals surface area contributed by atoms with Crippen LogP contribution < -0.4 is 4.72 Å². The average Bonchev–Trinajstić information content (AvgIpc) is 3.26. The van der Waals surface area contributed by atoms with Gasteiger partial charge in [-0.1, -0.05) is 5.16 Å². The van der Waals surface area contributed by atoms with Crippen molar-refractivity contribution >= 4 is 33.0 Å². The second kappa shape index (κ2) is 7.49. The van der Waals surface area contributed by atoms with E-state index in [9.17, 15) is 17.6 Å². The minimum absolute atomic E-state index is 0.00437. The fourth-order valence-corrected chi connectivity index (χ4v) is 4.61. The highest BCUT2D eigenvalue weighted by molar-refractivity contribution is 7.94. The van der Waals surface area contributed by atoms with Crippen LogP contribution in [0.15, 0.2) is 45.1 Å². The van der Waals surface area contributed by atoms with Crippen LogP contribution in [-0.2, 0) is 14.8 Å². The van der Waals surface area contributed by atoms with Crippen molar-refractivity contribution in [2.45, 2.75) is 18.1 Å². The summed E-state index contributed by atoms with van der Waals surface area (Å²) < 4.78 is 50.7. The van der Waals surface area contributed by atoms with Gasteiger partial charge in [-0.2, -0.15) is 0 Å². The van der Waals surface area contributed by atoms with Crippen LogP contribution in [0.5, 0.6) is 0 Å². The van der Waals surface area contributed by atoms with Crippen LogP contribution in [-0.4, -0.2) is 26.2 Å². The van der Waals surface area contributed by atoms with Crippen LogP contribution >= 0.6 is 11.3 Å². The molecule has 10 heteroatoms. The molecule has 0 amide bonds. The number of ether oxygens (including phenoxy) is 1. The second-order valence-corrected chi connectivity index (χ2v) is 8.47. The fraction of sp³-hybridized carbons (Fsp3) is 0.176. The molecule has 0 spiro atoms. The number of halogens is 1. The number of benzene rings is 1. The number of anilines is 1. The summed E-state index contributed by atoms with van der Waals surface area (Å²) in [5.41, 5.74) is 0.755. The Bertz CT molecular complexity index is 1090. The Morgan fingerprint density at radius 3 is 2.78 bits per heavy atom. The van der Waals surface area contributed by atoms with Crippen molar-refractivity contribution in [1.29, 1.82) is 0 Å². The van der Waals surface area contributed by atoms with E-state index in [2.05, 4.69) is 9.88 Å². The summed E-state index contributed by atoms with van der Waals surface area (Å²) in [6.07, 6.45) is 0. The lowest BCUT2D eigenvalue weighted by Gasteiger charge is -2.09. The van der Waals surface area contributed by atoms with Crippen molar-refractivity contribution in [2.75, 3.05) is 11.3 Å². The fourth-order valence-electron chi connectivity index (χ4n) is 2.23. The Kier molecular flexibility index (Phi) is 5.29. The number of nitrogens with zero attached hydrogens (tertiary/aromatic N) is 1. The first-order valence-corrected chi connectivity index (χ1v) is 10.1. The highest BCUT2D eigenvalue weighted by Gasteiger charge is 2.21. The van der Waals surface area contributed by atoms with Crippen LogP contribution in [0.3, 0.4) is 0 Å². The average molecular weight is 410 g/mol. The van der Waals surface area contributed by atoms with Gasteiger partial charge in [-0.3, -0.25) is 4.72 Å². The summed E-state index contributed by atoms with van der Waals surface area (Å²) >= 11 is 0.949. The van der Waals surface area contributed by atoms with Gasteiger partial charge in [0.15, 0.2) is 11.5 Å². The van der Waals surface area contributed by atoms with E-state index in [1.54, 1.807) is 19.9 Å². The Morgan fingerprint density at radius 2 is 2.07 bits per heavy atom. The molecule has 2 aromatic heterocycles. The maximum atomic E-state index is 13.2. The first-order valence-electron chi connectivity index (χ1n) is 7.83. The van der Waals surface area contributed by atoms with E-state index >= 15 is 0 Å². The van der Waals surface area contributed by atoms with Crippen molar-refractivity contribution in [3.05, 3.63) is 53.5 Å². The molecule has 2 heterocycles. The molecule has 3 rings (SSSR count). The third kappa shape index (κ3) is 4.17. The number of carbonyl (C=O) groups is 1. The van der Waals surface area contributed by atoms with Crippen LogP contribution in [0.1, 0.15) is 23.0 Å².